The molecule has 1 aliphatic rings. The summed E-state index contributed by atoms with van der Waals surface area (Å²) >= 11 is 0. The molecule has 4 atom stereocenters. The van der Waals surface area contributed by atoms with Gasteiger partial charge in [-0.15, -0.1) is 0 Å². The number of aliphatic hydroxyl groups excluding tert-OH is 3. The van der Waals surface area contributed by atoms with Crippen molar-refractivity contribution >= 4 is 17.0 Å². The van der Waals surface area contributed by atoms with Crippen molar-refractivity contribution in [3.8, 4) is 0 Å². The molecule has 126 valence electrons. The van der Waals surface area contributed by atoms with Gasteiger partial charge >= 0.3 is 0 Å². The number of fused-ring (bicyclic) bond motifs is 1. The molecule has 0 aliphatic carbocycles. The maximum atomic E-state index is 10.1. The Morgan fingerprint density at radius 2 is 2.09 bits per heavy atom. The first-order chi connectivity index (χ1) is 11.2. The van der Waals surface area contributed by atoms with E-state index in [0.29, 0.717) is 30.1 Å². The third-order valence-electron chi connectivity index (χ3n) is 3.82. The number of ether oxygens (including phenoxy) is 1. The van der Waals surface area contributed by atoms with E-state index in [4.69, 9.17) is 10.5 Å². The second-order valence-corrected chi connectivity index (χ2v) is 5.34. The lowest BCUT2D eigenvalue weighted by Crippen LogP contribution is -2.33. The summed E-state index contributed by atoms with van der Waals surface area (Å²) in [6.45, 7) is 0.837. The highest BCUT2D eigenvalue weighted by Crippen LogP contribution is 2.31. The fraction of sp³-hybridized carbons (Fsp3) is 0.615. The summed E-state index contributed by atoms with van der Waals surface area (Å²) in [5, 5.41) is 32.3. The molecule has 0 saturated carbocycles. The van der Waals surface area contributed by atoms with Gasteiger partial charge in [-0.1, -0.05) is 0 Å². The summed E-state index contributed by atoms with van der Waals surface area (Å²) < 4.78 is 7.02. The molecule has 23 heavy (non-hydrogen) atoms. The van der Waals surface area contributed by atoms with Gasteiger partial charge in [0.15, 0.2) is 23.2 Å². The Labute approximate surface area is 131 Å². The largest absolute Gasteiger partial charge is 0.394 e. The second-order valence-electron chi connectivity index (χ2n) is 5.34. The van der Waals surface area contributed by atoms with Crippen molar-refractivity contribution < 1.29 is 20.1 Å². The predicted octanol–water partition coefficient (Wildman–Crippen LogP) is -1.80. The van der Waals surface area contributed by atoms with E-state index in [1.807, 2.05) is 0 Å². The van der Waals surface area contributed by atoms with E-state index in [2.05, 4.69) is 20.3 Å². The van der Waals surface area contributed by atoms with Crippen molar-refractivity contribution in [2.45, 2.75) is 31.0 Å². The van der Waals surface area contributed by atoms with Crippen LogP contribution in [0.3, 0.4) is 0 Å². The standard InChI is InChI=1S/C13H20N6O4/c14-2-1-3-15-11-8-12(17-5-16-11)19(6-18-8)13-10(22)9(21)7(4-20)23-13/h5-7,9-10,13,20-22H,1-4,14H2,(H,15,16,17)/t7-,9-,10-,13?/m1/s1. The fourth-order valence-electron chi connectivity index (χ4n) is 2.59. The number of imidazole rings is 1. The van der Waals surface area contributed by atoms with Gasteiger partial charge in [0.05, 0.1) is 12.9 Å². The van der Waals surface area contributed by atoms with Gasteiger partial charge in [0.25, 0.3) is 0 Å². The number of hydrogen-bond donors (Lipinski definition) is 5. The lowest BCUT2D eigenvalue weighted by atomic mass is 10.1. The molecule has 3 heterocycles. The zero-order chi connectivity index (χ0) is 16.4. The van der Waals surface area contributed by atoms with Crippen LogP contribution in [-0.4, -0.2) is 72.8 Å². The minimum atomic E-state index is -1.19. The highest BCUT2D eigenvalue weighted by molar-refractivity contribution is 5.82. The van der Waals surface area contributed by atoms with Crippen LogP contribution in [0.15, 0.2) is 12.7 Å². The van der Waals surface area contributed by atoms with Crippen molar-refractivity contribution in [1.29, 1.82) is 0 Å². The Hall–Kier alpha value is -1.85. The Kier molecular flexibility index (Phi) is 4.68. The van der Waals surface area contributed by atoms with Gasteiger partial charge in [0, 0.05) is 6.54 Å². The molecule has 1 unspecified atom stereocenters. The summed E-state index contributed by atoms with van der Waals surface area (Å²) in [4.78, 5) is 12.6. The third-order valence-corrected chi connectivity index (χ3v) is 3.82. The molecule has 10 heteroatoms. The number of aromatic nitrogens is 4. The lowest BCUT2D eigenvalue weighted by Gasteiger charge is -2.16. The number of rotatable bonds is 6. The van der Waals surface area contributed by atoms with Crippen molar-refractivity contribution in [3.05, 3.63) is 12.7 Å². The molecule has 3 rings (SSSR count). The number of anilines is 1. The average molecular weight is 324 g/mol. The summed E-state index contributed by atoms with van der Waals surface area (Å²) in [5.74, 6) is 0.564. The molecule has 1 aliphatic heterocycles. The molecule has 0 bridgehead atoms. The summed E-state index contributed by atoms with van der Waals surface area (Å²) in [5.41, 5.74) is 6.46. The van der Waals surface area contributed by atoms with Crippen LogP contribution in [0.5, 0.6) is 0 Å². The molecule has 2 aromatic heterocycles. The van der Waals surface area contributed by atoms with Crippen molar-refractivity contribution in [3.63, 3.8) is 0 Å². The Bertz CT molecular complexity index is 665. The van der Waals surface area contributed by atoms with Crippen molar-refractivity contribution in [1.82, 2.24) is 19.5 Å². The normalized spacial score (nSPS) is 27.7. The monoisotopic (exact) mass is 324 g/mol. The van der Waals surface area contributed by atoms with Gasteiger partial charge in [-0.2, -0.15) is 0 Å². The first-order valence-corrected chi connectivity index (χ1v) is 7.41. The van der Waals surface area contributed by atoms with Gasteiger partial charge in [-0.25, -0.2) is 15.0 Å². The number of nitrogens with two attached hydrogens (primary N) is 1. The molecule has 2 aromatic rings. The van der Waals surface area contributed by atoms with E-state index < -0.39 is 24.5 Å². The maximum Gasteiger partial charge on any atom is 0.167 e. The number of nitrogens with zero attached hydrogens (tertiary/aromatic N) is 4. The molecule has 0 aromatic carbocycles. The van der Waals surface area contributed by atoms with Crippen LogP contribution < -0.4 is 11.1 Å². The van der Waals surface area contributed by atoms with Gasteiger partial charge in [-0.3, -0.25) is 4.57 Å². The molecule has 0 radical (unpaired) electrons. The van der Waals surface area contributed by atoms with E-state index >= 15 is 0 Å². The Morgan fingerprint density at radius 3 is 2.78 bits per heavy atom. The van der Waals surface area contributed by atoms with Crippen LogP contribution in [0.4, 0.5) is 5.82 Å². The van der Waals surface area contributed by atoms with Crippen LogP contribution in [-0.2, 0) is 4.74 Å². The second kappa shape index (κ2) is 6.72. The zero-order valence-electron chi connectivity index (χ0n) is 12.4. The van der Waals surface area contributed by atoms with Crippen LogP contribution in [0.25, 0.3) is 11.2 Å². The Balaban J connectivity index is 1.90. The maximum absolute atomic E-state index is 10.1. The molecule has 0 amide bonds. The van der Waals surface area contributed by atoms with E-state index in [0.717, 1.165) is 6.42 Å². The highest BCUT2D eigenvalue weighted by atomic mass is 16.6. The summed E-state index contributed by atoms with van der Waals surface area (Å²) in [7, 11) is 0. The van der Waals surface area contributed by atoms with E-state index in [9.17, 15) is 15.3 Å². The predicted molar refractivity (Wildman–Crippen MR) is 80.5 cm³/mol. The molecular weight excluding hydrogens is 304 g/mol. The minimum Gasteiger partial charge on any atom is -0.394 e. The molecule has 1 saturated heterocycles. The molecule has 10 nitrogen and oxygen atoms in total. The lowest BCUT2D eigenvalue weighted by molar-refractivity contribution is -0.0511. The first kappa shape index (κ1) is 16.0. The topological polar surface area (TPSA) is 152 Å². The van der Waals surface area contributed by atoms with Gasteiger partial charge in [0.1, 0.15) is 24.6 Å². The number of aliphatic hydroxyl groups is 3. The Morgan fingerprint density at radius 1 is 1.26 bits per heavy atom. The number of hydrogen-bond acceptors (Lipinski definition) is 9. The first-order valence-electron chi connectivity index (χ1n) is 7.41. The number of nitrogens with one attached hydrogen (secondary N) is 1. The quantitative estimate of drug-likeness (QED) is 0.387. The molecule has 0 spiro atoms. The van der Waals surface area contributed by atoms with Crippen LogP contribution >= 0.6 is 0 Å². The third kappa shape index (κ3) is 2.86. The fourth-order valence-corrected chi connectivity index (χ4v) is 2.59. The molecule has 6 N–H and O–H groups in total. The van der Waals surface area contributed by atoms with Crippen molar-refractivity contribution in [2.75, 3.05) is 25.0 Å². The van der Waals surface area contributed by atoms with Crippen LogP contribution in [0.2, 0.25) is 0 Å². The average Bonchev–Trinajstić information content (AvgIpc) is 3.11. The molecule has 1 fully saturated rings. The van der Waals surface area contributed by atoms with E-state index in [1.165, 1.54) is 17.2 Å². The van der Waals surface area contributed by atoms with E-state index in [-0.39, 0.29) is 6.61 Å². The molecular formula is C13H20N6O4. The van der Waals surface area contributed by atoms with Crippen molar-refractivity contribution in [2.24, 2.45) is 5.73 Å². The SMILES string of the molecule is NCCCNc1ncnc2c1ncn2C1O[C@H](CO)[C@@H](O)[C@H]1O. The van der Waals surface area contributed by atoms with Crippen LogP contribution in [0.1, 0.15) is 12.6 Å². The van der Waals surface area contributed by atoms with Gasteiger partial charge < -0.3 is 31.1 Å². The van der Waals surface area contributed by atoms with E-state index in [1.54, 1.807) is 0 Å². The smallest absolute Gasteiger partial charge is 0.167 e. The van der Waals surface area contributed by atoms with Crippen LogP contribution in [0, 0.1) is 0 Å². The van der Waals surface area contributed by atoms with Gasteiger partial charge in [-0.05, 0) is 13.0 Å². The highest BCUT2D eigenvalue weighted by Gasteiger charge is 2.43. The summed E-state index contributed by atoms with van der Waals surface area (Å²) in [6, 6.07) is 0. The minimum absolute atomic E-state index is 0.387. The zero-order valence-corrected chi connectivity index (χ0v) is 12.4. The van der Waals surface area contributed by atoms with Gasteiger partial charge in [0.2, 0.25) is 0 Å². The summed E-state index contributed by atoms with van der Waals surface area (Å²) in [6.07, 6.45) is -0.448.